The van der Waals surface area contributed by atoms with Crippen LogP contribution in [0.3, 0.4) is 0 Å². The van der Waals surface area contributed by atoms with Crippen LogP contribution in [0.2, 0.25) is 0 Å². The van der Waals surface area contributed by atoms with Crippen LogP contribution in [0.25, 0.3) is 0 Å². The topological polar surface area (TPSA) is 76.4 Å². The van der Waals surface area contributed by atoms with E-state index < -0.39 is 0 Å². The Kier molecular flexibility index (Phi) is 6.07. The summed E-state index contributed by atoms with van der Waals surface area (Å²) in [6.45, 7) is 2.75. The number of hydrogen-bond acceptors (Lipinski definition) is 4. The van der Waals surface area contributed by atoms with Gasteiger partial charge in [-0.05, 0) is 18.8 Å². The van der Waals surface area contributed by atoms with E-state index in [1.54, 1.807) is 0 Å². The molecule has 0 aromatic rings. The molecule has 0 bridgehead atoms. The van der Waals surface area contributed by atoms with Gasteiger partial charge in [0.15, 0.2) is 0 Å². The molecule has 1 heterocycles. The molecule has 1 aliphatic heterocycles. The van der Waals surface area contributed by atoms with Crippen LogP contribution in [0.1, 0.15) is 38.5 Å². The normalized spacial score (nSPS) is 26.9. The number of nitrogens with one attached hydrogen (secondary N) is 2. The zero-order valence-corrected chi connectivity index (χ0v) is 11.7. The van der Waals surface area contributed by atoms with Gasteiger partial charge in [0.25, 0.3) is 0 Å². The number of hydrogen-bond donors (Lipinski definition) is 3. The second-order valence-corrected chi connectivity index (χ2v) is 5.74. The summed E-state index contributed by atoms with van der Waals surface area (Å²) >= 11 is 0. The number of nitrogens with two attached hydrogens (primary N) is 1. The zero-order chi connectivity index (χ0) is 13.5. The van der Waals surface area contributed by atoms with Gasteiger partial charge in [-0.25, -0.2) is 0 Å². The highest BCUT2D eigenvalue weighted by Gasteiger charge is 2.25. The van der Waals surface area contributed by atoms with Crippen molar-refractivity contribution in [2.24, 2.45) is 11.7 Å². The molecule has 2 unspecified atom stereocenters. The van der Waals surface area contributed by atoms with Gasteiger partial charge in [0.05, 0.1) is 13.2 Å². The third-order valence-electron chi connectivity index (χ3n) is 4.25. The summed E-state index contributed by atoms with van der Waals surface area (Å²) in [7, 11) is 0. The molecule has 19 heavy (non-hydrogen) atoms. The maximum Gasteiger partial charge on any atom is 0.221 e. The van der Waals surface area contributed by atoms with E-state index in [9.17, 15) is 4.79 Å². The summed E-state index contributed by atoms with van der Waals surface area (Å²) in [5, 5.41) is 6.43. The third kappa shape index (κ3) is 4.75. The molecule has 1 saturated carbocycles. The van der Waals surface area contributed by atoms with E-state index in [2.05, 4.69) is 10.6 Å². The van der Waals surface area contributed by atoms with Gasteiger partial charge in [-0.2, -0.15) is 0 Å². The fourth-order valence-electron chi connectivity index (χ4n) is 3.15. The first kappa shape index (κ1) is 14.8. The number of carbonyl (C=O) groups excluding carboxylic acids is 1. The van der Waals surface area contributed by atoms with Gasteiger partial charge in [-0.1, -0.05) is 19.3 Å². The van der Waals surface area contributed by atoms with Crippen LogP contribution >= 0.6 is 0 Å². The van der Waals surface area contributed by atoms with E-state index in [0.29, 0.717) is 25.5 Å². The lowest BCUT2D eigenvalue weighted by Gasteiger charge is -2.31. The van der Waals surface area contributed by atoms with E-state index >= 15 is 0 Å². The molecule has 2 rings (SSSR count). The summed E-state index contributed by atoms with van der Waals surface area (Å²) < 4.78 is 5.36. The predicted molar refractivity (Wildman–Crippen MR) is 74.8 cm³/mol. The van der Waals surface area contributed by atoms with Crippen molar-refractivity contribution in [3.63, 3.8) is 0 Å². The molecule has 1 saturated heterocycles. The monoisotopic (exact) mass is 269 g/mol. The molecule has 4 N–H and O–H groups in total. The van der Waals surface area contributed by atoms with Crippen LogP contribution in [0.4, 0.5) is 0 Å². The second kappa shape index (κ2) is 7.82. The molecular formula is C14H27N3O2. The van der Waals surface area contributed by atoms with Gasteiger partial charge in [0, 0.05) is 31.6 Å². The molecule has 0 spiro atoms. The first-order chi connectivity index (χ1) is 9.29. The van der Waals surface area contributed by atoms with Crippen molar-refractivity contribution >= 4 is 5.91 Å². The van der Waals surface area contributed by atoms with Crippen molar-refractivity contribution in [3.05, 3.63) is 0 Å². The standard InChI is InChI=1S/C14H27N3O2/c15-9-13(11-4-2-1-3-5-11)17-14(18)8-12-10-19-7-6-16-12/h11-13,16H,1-10,15H2,(H,17,18). The predicted octanol–water partition coefficient (Wildman–Crippen LogP) is 0.389. The Morgan fingerprint density at radius 1 is 1.37 bits per heavy atom. The Morgan fingerprint density at radius 2 is 2.16 bits per heavy atom. The summed E-state index contributed by atoms with van der Waals surface area (Å²) in [5.74, 6) is 0.669. The number of ether oxygens (including phenoxy) is 1. The van der Waals surface area contributed by atoms with Crippen molar-refractivity contribution in [1.82, 2.24) is 10.6 Å². The Hall–Kier alpha value is -0.650. The van der Waals surface area contributed by atoms with Crippen molar-refractivity contribution in [2.75, 3.05) is 26.3 Å². The maximum absolute atomic E-state index is 12.1. The van der Waals surface area contributed by atoms with Gasteiger partial charge >= 0.3 is 0 Å². The Labute approximate surface area is 115 Å². The van der Waals surface area contributed by atoms with Crippen LogP contribution in [0, 0.1) is 5.92 Å². The molecular weight excluding hydrogens is 242 g/mol. The SMILES string of the molecule is NCC(NC(=O)CC1COCCN1)C1CCCCC1. The lowest BCUT2D eigenvalue weighted by atomic mass is 9.84. The molecule has 0 radical (unpaired) electrons. The Bertz CT molecular complexity index is 274. The first-order valence-electron chi connectivity index (χ1n) is 7.60. The summed E-state index contributed by atoms with van der Waals surface area (Å²) in [4.78, 5) is 12.1. The maximum atomic E-state index is 12.1. The van der Waals surface area contributed by atoms with E-state index in [1.807, 2.05) is 0 Å². The van der Waals surface area contributed by atoms with Crippen molar-refractivity contribution < 1.29 is 9.53 Å². The fourth-order valence-corrected chi connectivity index (χ4v) is 3.15. The summed E-state index contributed by atoms with van der Waals surface area (Å²) in [5.41, 5.74) is 5.83. The van der Waals surface area contributed by atoms with E-state index in [0.717, 1.165) is 13.2 Å². The van der Waals surface area contributed by atoms with Gasteiger partial charge in [-0.3, -0.25) is 4.79 Å². The van der Waals surface area contributed by atoms with Crippen LogP contribution < -0.4 is 16.4 Å². The minimum Gasteiger partial charge on any atom is -0.378 e. The smallest absolute Gasteiger partial charge is 0.221 e. The number of carbonyl (C=O) groups is 1. The van der Waals surface area contributed by atoms with E-state index in [-0.39, 0.29) is 18.0 Å². The molecule has 5 nitrogen and oxygen atoms in total. The van der Waals surface area contributed by atoms with Crippen LogP contribution in [-0.2, 0) is 9.53 Å². The molecule has 1 amide bonds. The van der Waals surface area contributed by atoms with Crippen molar-refractivity contribution in [1.29, 1.82) is 0 Å². The highest BCUT2D eigenvalue weighted by Crippen LogP contribution is 2.26. The number of amides is 1. The summed E-state index contributed by atoms with van der Waals surface area (Å²) in [6, 6.07) is 0.302. The first-order valence-corrected chi connectivity index (χ1v) is 7.60. The quantitative estimate of drug-likeness (QED) is 0.675. The van der Waals surface area contributed by atoms with E-state index in [4.69, 9.17) is 10.5 Å². The molecule has 5 heteroatoms. The van der Waals surface area contributed by atoms with Crippen LogP contribution in [-0.4, -0.2) is 44.3 Å². The number of rotatable bonds is 5. The van der Waals surface area contributed by atoms with Crippen LogP contribution in [0.5, 0.6) is 0 Å². The third-order valence-corrected chi connectivity index (χ3v) is 4.25. The minimum absolute atomic E-state index is 0.101. The fraction of sp³-hybridized carbons (Fsp3) is 0.929. The molecule has 0 aromatic heterocycles. The van der Waals surface area contributed by atoms with Crippen LogP contribution in [0.15, 0.2) is 0 Å². The Balaban J connectivity index is 1.74. The highest BCUT2D eigenvalue weighted by molar-refractivity contribution is 5.77. The highest BCUT2D eigenvalue weighted by atomic mass is 16.5. The second-order valence-electron chi connectivity index (χ2n) is 5.74. The lowest BCUT2D eigenvalue weighted by molar-refractivity contribution is -0.123. The summed E-state index contributed by atoms with van der Waals surface area (Å²) in [6.07, 6.45) is 6.76. The molecule has 2 aliphatic rings. The van der Waals surface area contributed by atoms with Gasteiger partial charge < -0.3 is 21.1 Å². The van der Waals surface area contributed by atoms with Gasteiger partial charge in [0.1, 0.15) is 0 Å². The average Bonchev–Trinajstić information content (AvgIpc) is 2.47. The zero-order valence-electron chi connectivity index (χ0n) is 11.7. The van der Waals surface area contributed by atoms with Crippen molar-refractivity contribution in [2.45, 2.75) is 50.6 Å². The lowest BCUT2D eigenvalue weighted by Crippen LogP contribution is -2.49. The van der Waals surface area contributed by atoms with Gasteiger partial charge in [-0.15, -0.1) is 0 Å². The largest absolute Gasteiger partial charge is 0.378 e. The van der Waals surface area contributed by atoms with Gasteiger partial charge in [0.2, 0.25) is 5.91 Å². The molecule has 0 aromatic carbocycles. The van der Waals surface area contributed by atoms with Crippen molar-refractivity contribution in [3.8, 4) is 0 Å². The Morgan fingerprint density at radius 3 is 2.79 bits per heavy atom. The molecule has 1 aliphatic carbocycles. The molecule has 2 fully saturated rings. The van der Waals surface area contributed by atoms with E-state index in [1.165, 1.54) is 32.1 Å². The average molecular weight is 269 g/mol. The number of morpholine rings is 1. The minimum atomic E-state index is 0.101. The molecule has 110 valence electrons. The molecule has 2 atom stereocenters.